The predicted octanol–water partition coefficient (Wildman–Crippen LogP) is 3.35. The lowest BCUT2D eigenvalue weighted by Crippen LogP contribution is -2.14. The minimum Gasteiger partial charge on any atom is -0.468 e. The molecule has 124 valence electrons. The highest BCUT2D eigenvalue weighted by Gasteiger charge is 2.54. The average molecular weight is 347 g/mol. The molecule has 2 aromatic carbocycles. The monoisotopic (exact) mass is 346 g/mol. The molecule has 3 atom stereocenters. The molecule has 1 fully saturated rings. The fourth-order valence-corrected chi connectivity index (χ4v) is 2.98. The summed E-state index contributed by atoms with van der Waals surface area (Å²) in [4.78, 5) is 24.5. The van der Waals surface area contributed by atoms with E-state index in [-0.39, 0.29) is 17.7 Å². The number of non-ortho nitro benzene ring substituents is 1. The zero-order chi connectivity index (χ0) is 17.3. The van der Waals surface area contributed by atoms with Crippen LogP contribution in [0.1, 0.15) is 17.2 Å². The maximum atomic E-state index is 12.0. The third-order valence-corrected chi connectivity index (χ3v) is 4.32. The van der Waals surface area contributed by atoms with Crippen molar-refractivity contribution < 1.29 is 14.5 Å². The molecule has 0 N–H and O–H groups in total. The zero-order valence-electron chi connectivity index (χ0n) is 12.9. The summed E-state index contributed by atoms with van der Waals surface area (Å²) < 4.78 is 4.86. The number of ether oxygens (including phenoxy) is 1. The standard InChI is InChI=1S/C17H15ClN2O4/c1-24-17(21)16-15(12-3-2-4-14(9-12)20(22)23)19(16)10-11-5-7-13(18)8-6-11/h2-9,15-16H,10H2,1H3/t15-,16+,19?/m1/s1. The Morgan fingerprint density at radius 3 is 2.62 bits per heavy atom. The SMILES string of the molecule is COC(=O)[C@@H]1[C@@H](c2cccc([N+](=O)[O-])c2)N1Cc1ccc(Cl)cc1. The number of carbonyl (C=O) groups excluding carboxylic acids is 1. The van der Waals surface area contributed by atoms with E-state index in [4.69, 9.17) is 16.3 Å². The van der Waals surface area contributed by atoms with Crippen molar-refractivity contribution in [3.8, 4) is 0 Å². The second-order valence-electron chi connectivity index (χ2n) is 5.56. The Morgan fingerprint density at radius 1 is 1.29 bits per heavy atom. The number of nitrogens with zero attached hydrogens (tertiary/aromatic N) is 2. The number of halogens is 1. The maximum absolute atomic E-state index is 12.0. The first-order valence-electron chi connectivity index (χ1n) is 7.33. The van der Waals surface area contributed by atoms with Gasteiger partial charge in [0.15, 0.2) is 0 Å². The molecule has 24 heavy (non-hydrogen) atoms. The van der Waals surface area contributed by atoms with Crippen LogP contribution >= 0.6 is 11.6 Å². The number of nitro benzene ring substituents is 1. The van der Waals surface area contributed by atoms with Gasteiger partial charge in [-0.3, -0.25) is 19.8 Å². The lowest BCUT2D eigenvalue weighted by molar-refractivity contribution is -0.384. The molecule has 0 radical (unpaired) electrons. The van der Waals surface area contributed by atoms with Crippen molar-refractivity contribution in [1.29, 1.82) is 0 Å². The van der Waals surface area contributed by atoms with E-state index in [1.54, 1.807) is 24.3 Å². The summed E-state index contributed by atoms with van der Waals surface area (Å²) in [5, 5.41) is 11.6. The van der Waals surface area contributed by atoms with Gasteiger partial charge in [0.25, 0.3) is 5.69 Å². The van der Waals surface area contributed by atoms with Crippen LogP contribution in [-0.4, -0.2) is 28.9 Å². The summed E-state index contributed by atoms with van der Waals surface area (Å²) in [6.07, 6.45) is 0. The van der Waals surface area contributed by atoms with Gasteiger partial charge < -0.3 is 4.74 Å². The largest absolute Gasteiger partial charge is 0.468 e. The van der Waals surface area contributed by atoms with E-state index in [9.17, 15) is 14.9 Å². The molecule has 0 aromatic heterocycles. The fourth-order valence-electron chi connectivity index (χ4n) is 2.85. The van der Waals surface area contributed by atoms with Crippen molar-refractivity contribution in [2.75, 3.05) is 7.11 Å². The van der Waals surface area contributed by atoms with Crippen molar-refractivity contribution in [2.45, 2.75) is 18.6 Å². The topological polar surface area (TPSA) is 72.5 Å². The summed E-state index contributed by atoms with van der Waals surface area (Å²) in [5.74, 6) is -0.347. The lowest BCUT2D eigenvalue weighted by atomic mass is 10.1. The highest BCUT2D eigenvalue weighted by atomic mass is 35.5. The van der Waals surface area contributed by atoms with Gasteiger partial charge in [-0.1, -0.05) is 35.9 Å². The molecule has 1 aliphatic heterocycles. The van der Waals surface area contributed by atoms with E-state index < -0.39 is 11.0 Å². The Hall–Kier alpha value is -2.44. The summed E-state index contributed by atoms with van der Waals surface area (Å²) in [6, 6.07) is 13.0. The van der Waals surface area contributed by atoms with Crippen LogP contribution in [0.15, 0.2) is 48.5 Å². The van der Waals surface area contributed by atoms with Crippen LogP contribution < -0.4 is 0 Å². The number of hydrogen-bond acceptors (Lipinski definition) is 5. The van der Waals surface area contributed by atoms with Gasteiger partial charge in [-0.25, -0.2) is 0 Å². The molecule has 0 spiro atoms. The van der Waals surface area contributed by atoms with Gasteiger partial charge in [0, 0.05) is 23.7 Å². The van der Waals surface area contributed by atoms with Gasteiger partial charge in [0.1, 0.15) is 6.04 Å². The Labute approximate surface area is 143 Å². The molecule has 1 unspecified atom stereocenters. The quantitative estimate of drug-likeness (QED) is 0.359. The first kappa shape index (κ1) is 16.4. The van der Waals surface area contributed by atoms with E-state index in [0.29, 0.717) is 11.6 Å². The lowest BCUT2D eigenvalue weighted by Gasteiger charge is -2.05. The Morgan fingerprint density at radius 2 is 2.00 bits per heavy atom. The Bertz CT molecular complexity index is 778. The molecular weight excluding hydrogens is 332 g/mol. The number of benzene rings is 2. The third-order valence-electron chi connectivity index (χ3n) is 4.07. The van der Waals surface area contributed by atoms with E-state index >= 15 is 0 Å². The number of rotatable bonds is 5. The molecule has 0 amide bonds. The van der Waals surface area contributed by atoms with Crippen molar-refractivity contribution in [3.63, 3.8) is 0 Å². The maximum Gasteiger partial charge on any atom is 0.325 e. The van der Waals surface area contributed by atoms with Crippen LogP contribution in [0.4, 0.5) is 5.69 Å². The van der Waals surface area contributed by atoms with Crippen LogP contribution in [0, 0.1) is 10.1 Å². The molecular formula is C17H15ClN2O4. The number of nitro groups is 1. The fraction of sp³-hybridized carbons (Fsp3) is 0.235. The van der Waals surface area contributed by atoms with Crippen LogP contribution in [0.3, 0.4) is 0 Å². The van der Waals surface area contributed by atoms with Crippen molar-refractivity contribution in [3.05, 3.63) is 74.8 Å². The van der Waals surface area contributed by atoms with E-state index in [1.165, 1.54) is 19.2 Å². The Balaban J connectivity index is 1.85. The predicted molar refractivity (Wildman–Crippen MR) is 88.6 cm³/mol. The minimum absolute atomic E-state index is 0.00876. The highest BCUT2D eigenvalue weighted by Crippen LogP contribution is 2.45. The van der Waals surface area contributed by atoms with Gasteiger partial charge in [0.2, 0.25) is 0 Å². The molecule has 6 nitrogen and oxygen atoms in total. The number of methoxy groups -OCH3 is 1. The molecule has 1 heterocycles. The summed E-state index contributed by atoms with van der Waals surface area (Å²) in [6.45, 7) is 0.532. The molecule has 3 rings (SSSR count). The minimum atomic E-state index is -0.442. The first-order chi connectivity index (χ1) is 11.5. The second-order valence-corrected chi connectivity index (χ2v) is 6.00. The molecule has 1 saturated heterocycles. The average Bonchev–Trinajstić information content (AvgIpc) is 3.30. The third kappa shape index (κ3) is 3.25. The summed E-state index contributed by atoms with van der Waals surface area (Å²) in [5.41, 5.74) is 1.74. The van der Waals surface area contributed by atoms with Crippen molar-refractivity contribution >= 4 is 23.3 Å². The van der Waals surface area contributed by atoms with Crippen LogP contribution in [-0.2, 0) is 16.1 Å². The zero-order valence-corrected chi connectivity index (χ0v) is 13.6. The molecule has 2 aromatic rings. The number of carbonyl (C=O) groups is 1. The van der Waals surface area contributed by atoms with E-state index in [0.717, 1.165) is 11.1 Å². The van der Waals surface area contributed by atoms with Gasteiger partial charge in [0.05, 0.1) is 18.1 Å². The normalized spacial score (nSPS) is 22.0. The number of esters is 1. The number of hydrogen-bond donors (Lipinski definition) is 0. The molecule has 0 aliphatic carbocycles. The Kier molecular flexibility index (Phi) is 4.51. The first-order valence-corrected chi connectivity index (χ1v) is 7.71. The van der Waals surface area contributed by atoms with Gasteiger partial charge in [-0.2, -0.15) is 0 Å². The van der Waals surface area contributed by atoms with Crippen molar-refractivity contribution in [1.82, 2.24) is 4.90 Å². The highest BCUT2D eigenvalue weighted by molar-refractivity contribution is 6.30. The van der Waals surface area contributed by atoms with Crippen molar-refractivity contribution in [2.24, 2.45) is 0 Å². The summed E-state index contributed by atoms with van der Waals surface area (Å²) >= 11 is 5.89. The van der Waals surface area contributed by atoms with Crippen LogP contribution in [0.25, 0.3) is 0 Å². The van der Waals surface area contributed by atoms with E-state index in [2.05, 4.69) is 0 Å². The smallest absolute Gasteiger partial charge is 0.325 e. The van der Waals surface area contributed by atoms with Gasteiger partial charge in [-0.15, -0.1) is 0 Å². The van der Waals surface area contributed by atoms with E-state index in [1.807, 2.05) is 17.0 Å². The molecule has 0 saturated carbocycles. The molecule has 7 heteroatoms. The summed E-state index contributed by atoms with van der Waals surface area (Å²) in [7, 11) is 1.34. The van der Waals surface area contributed by atoms with Crippen LogP contribution in [0.2, 0.25) is 5.02 Å². The van der Waals surface area contributed by atoms with Gasteiger partial charge >= 0.3 is 5.97 Å². The molecule has 1 aliphatic rings. The van der Waals surface area contributed by atoms with Gasteiger partial charge in [-0.05, 0) is 23.3 Å². The molecule has 0 bridgehead atoms. The second kappa shape index (κ2) is 6.59. The van der Waals surface area contributed by atoms with Crippen LogP contribution in [0.5, 0.6) is 0 Å².